The number of hydrogen-bond donors (Lipinski definition) is 3. The summed E-state index contributed by atoms with van der Waals surface area (Å²) in [5, 5.41) is 5.75. The van der Waals surface area contributed by atoms with Crippen molar-refractivity contribution in [3.05, 3.63) is 17.7 Å². The maximum absolute atomic E-state index is 12.1. The number of carbonyl (C=O) groups excluding carboxylic acids is 2. The number of anilines is 3. The number of nitrogens with one attached hydrogen (secondary N) is 2. The van der Waals surface area contributed by atoms with Crippen molar-refractivity contribution in [2.45, 2.75) is 32.2 Å². The number of piperazine rings is 1. The Morgan fingerprint density at radius 3 is 2.76 bits per heavy atom. The van der Waals surface area contributed by atoms with Crippen LogP contribution in [0, 0.1) is 0 Å². The van der Waals surface area contributed by atoms with E-state index >= 15 is 0 Å². The summed E-state index contributed by atoms with van der Waals surface area (Å²) in [7, 11) is 0. The number of aryl methyl sites for hydroxylation is 1. The number of nitrogens with two attached hydrogens (primary N) is 1. The number of benzene rings is 1. The zero-order chi connectivity index (χ0) is 15.2. The molecule has 0 unspecified atom stereocenters. The zero-order valence-corrected chi connectivity index (χ0v) is 12.3. The second-order valence-corrected chi connectivity index (χ2v) is 6.08. The largest absolute Gasteiger partial charge is 0.397 e. The van der Waals surface area contributed by atoms with Gasteiger partial charge in [-0.15, -0.1) is 0 Å². The first-order valence-corrected chi connectivity index (χ1v) is 7.18. The molecular weight excluding hydrogens is 268 g/mol. The molecule has 2 heterocycles. The summed E-state index contributed by atoms with van der Waals surface area (Å²) < 4.78 is 0. The van der Waals surface area contributed by atoms with Crippen molar-refractivity contribution in [3.63, 3.8) is 0 Å². The van der Waals surface area contributed by atoms with E-state index in [1.165, 1.54) is 0 Å². The number of fused-ring (bicyclic) bond motifs is 1. The number of carbonyl (C=O) groups is 2. The summed E-state index contributed by atoms with van der Waals surface area (Å²) in [5.41, 5.74) is 8.82. The lowest BCUT2D eigenvalue weighted by atomic mass is 9.95. The highest BCUT2D eigenvalue weighted by atomic mass is 16.2. The van der Waals surface area contributed by atoms with Gasteiger partial charge in [-0.2, -0.15) is 0 Å². The predicted octanol–water partition coefficient (Wildman–Crippen LogP) is 0.868. The zero-order valence-electron chi connectivity index (χ0n) is 12.3. The van der Waals surface area contributed by atoms with Gasteiger partial charge in [0.05, 0.1) is 11.4 Å². The van der Waals surface area contributed by atoms with Gasteiger partial charge < -0.3 is 21.3 Å². The number of rotatable bonds is 1. The SMILES string of the molecule is CC1(C)C(=O)NCCN1c1cc2c(cc1N)CCC(=O)N2. The molecule has 6 nitrogen and oxygen atoms in total. The third kappa shape index (κ3) is 2.20. The van der Waals surface area contributed by atoms with Crippen molar-refractivity contribution >= 4 is 28.9 Å². The van der Waals surface area contributed by atoms with Crippen LogP contribution in [-0.2, 0) is 16.0 Å². The molecule has 0 bridgehead atoms. The summed E-state index contributed by atoms with van der Waals surface area (Å²) >= 11 is 0. The third-order valence-electron chi connectivity index (χ3n) is 4.29. The molecule has 0 radical (unpaired) electrons. The summed E-state index contributed by atoms with van der Waals surface area (Å²) in [6, 6.07) is 3.80. The normalized spacial score (nSPS) is 20.6. The number of hydrogen-bond acceptors (Lipinski definition) is 4. The fraction of sp³-hybridized carbons (Fsp3) is 0.467. The molecule has 1 aromatic carbocycles. The fourth-order valence-electron chi connectivity index (χ4n) is 2.99. The average molecular weight is 288 g/mol. The lowest BCUT2D eigenvalue weighted by molar-refractivity contribution is -0.126. The fourth-order valence-corrected chi connectivity index (χ4v) is 2.99. The van der Waals surface area contributed by atoms with Crippen LogP contribution in [0.3, 0.4) is 0 Å². The number of nitrogens with zero attached hydrogens (tertiary/aromatic N) is 1. The Bertz CT molecular complexity index is 624. The van der Waals surface area contributed by atoms with Gasteiger partial charge in [0.1, 0.15) is 5.54 Å². The molecule has 4 N–H and O–H groups in total. The van der Waals surface area contributed by atoms with Crippen molar-refractivity contribution < 1.29 is 9.59 Å². The standard InChI is InChI=1S/C15H20N4O2/c1-15(2)14(21)17-5-6-19(15)12-8-11-9(7-10(12)16)3-4-13(20)18-11/h7-8H,3-6,16H2,1-2H3,(H,17,21)(H,18,20). The average Bonchev–Trinajstić information content (AvgIpc) is 2.42. The van der Waals surface area contributed by atoms with E-state index in [0.717, 1.165) is 16.9 Å². The van der Waals surface area contributed by atoms with Crippen LogP contribution in [0.15, 0.2) is 12.1 Å². The summed E-state index contributed by atoms with van der Waals surface area (Å²) in [6.45, 7) is 5.03. The van der Waals surface area contributed by atoms with E-state index in [-0.39, 0.29) is 11.8 Å². The Kier molecular flexibility index (Phi) is 3.04. The van der Waals surface area contributed by atoms with Gasteiger partial charge in [-0.25, -0.2) is 0 Å². The van der Waals surface area contributed by atoms with Gasteiger partial charge >= 0.3 is 0 Å². The van der Waals surface area contributed by atoms with Gasteiger partial charge in [-0.1, -0.05) is 0 Å². The van der Waals surface area contributed by atoms with Gasteiger partial charge in [-0.3, -0.25) is 9.59 Å². The highest BCUT2D eigenvalue weighted by Crippen LogP contribution is 2.36. The van der Waals surface area contributed by atoms with Crippen molar-refractivity contribution in [2.75, 3.05) is 29.0 Å². The first-order chi connectivity index (χ1) is 9.89. The van der Waals surface area contributed by atoms with Gasteiger partial charge in [0.2, 0.25) is 11.8 Å². The van der Waals surface area contributed by atoms with E-state index < -0.39 is 5.54 Å². The Morgan fingerprint density at radius 1 is 1.24 bits per heavy atom. The van der Waals surface area contributed by atoms with E-state index in [2.05, 4.69) is 10.6 Å². The number of nitrogen functional groups attached to an aromatic ring is 1. The molecule has 3 rings (SSSR count). The Labute approximate surface area is 123 Å². The Hall–Kier alpha value is -2.24. The van der Waals surface area contributed by atoms with Gasteiger partial charge in [-0.05, 0) is 38.0 Å². The van der Waals surface area contributed by atoms with E-state index in [1.807, 2.05) is 30.9 Å². The summed E-state index contributed by atoms with van der Waals surface area (Å²) in [5.74, 6) is 0.00350. The minimum Gasteiger partial charge on any atom is -0.397 e. The monoisotopic (exact) mass is 288 g/mol. The molecule has 0 aliphatic carbocycles. The van der Waals surface area contributed by atoms with Crippen LogP contribution < -0.4 is 21.3 Å². The summed E-state index contributed by atoms with van der Waals surface area (Å²) in [4.78, 5) is 25.6. The Morgan fingerprint density at radius 2 is 2.00 bits per heavy atom. The molecule has 1 fully saturated rings. The van der Waals surface area contributed by atoms with Crippen molar-refractivity contribution in [1.82, 2.24) is 5.32 Å². The minimum absolute atomic E-state index is 0.0186. The molecule has 0 aromatic heterocycles. The lowest BCUT2D eigenvalue weighted by Crippen LogP contribution is -2.62. The van der Waals surface area contributed by atoms with Gasteiger partial charge in [0.15, 0.2) is 0 Å². The molecule has 21 heavy (non-hydrogen) atoms. The minimum atomic E-state index is -0.667. The smallest absolute Gasteiger partial charge is 0.245 e. The van der Waals surface area contributed by atoms with E-state index in [9.17, 15) is 9.59 Å². The first-order valence-electron chi connectivity index (χ1n) is 7.18. The molecule has 1 saturated heterocycles. The summed E-state index contributed by atoms with van der Waals surface area (Å²) in [6.07, 6.45) is 1.19. The Balaban J connectivity index is 2.04. The highest BCUT2D eigenvalue weighted by Gasteiger charge is 2.38. The van der Waals surface area contributed by atoms with Crippen LogP contribution in [0.5, 0.6) is 0 Å². The maximum atomic E-state index is 12.1. The molecule has 112 valence electrons. The van der Waals surface area contributed by atoms with Gasteiger partial charge in [0, 0.05) is 25.2 Å². The maximum Gasteiger partial charge on any atom is 0.245 e. The molecule has 0 saturated carbocycles. The van der Waals surface area contributed by atoms with E-state index in [1.54, 1.807) is 0 Å². The molecule has 2 aliphatic rings. The molecule has 1 aromatic rings. The highest BCUT2D eigenvalue weighted by molar-refractivity contribution is 5.97. The van der Waals surface area contributed by atoms with Crippen LogP contribution in [0.1, 0.15) is 25.8 Å². The molecule has 2 aliphatic heterocycles. The van der Waals surface area contributed by atoms with Crippen LogP contribution >= 0.6 is 0 Å². The second kappa shape index (κ2) is 4.65. The van der Waals surface area contributed by atoms with Crippen molar-refractivity contribution in [1.29, 1.82) is 0 Å². The first kappa shape index (κ1) is 13.7. The van der Waals surface area contributed by atoms with Crippen molar-refractivity contribution in [3.8, 4) is 0 Å². The quantitative estimate of drug-likeness (QED) is 0.669. The van der Waals surface area contributed by atoms with Gasteiger partial charge in [0.25, 0.3) is 0 Å². The van der Waals surface area contributed by atoms with E-state index in [0.29, 0.717) is 31.6 Å². The van der Waals surface area contributed by atoms with E-state index in [4.69, 9.17) is 5.73 Å². The van der Waals surface area contributed by atoms with Crippen LogP contribution in [0.4, 0.5) is 17.1 Å². The number of amides is 2. The van der Waals surface area contributed by atoms with Crippen molar-refractivity contribution in [2.24, 2.45) is 0 Å². The topological polar surface area (TPSA) is 87.5 Å². The molecule has 2 amide bonds. The second-order valence-electron chi connectivity index (χ2n) is 6.08. The van der Waals surface area contributed by atoms with Crippen LogP contribution in [-0.4, -0.2) is 30.4 Å². The molecule has 0 atom stereocenters. The molecule has 0 spiro atoms. The van der Waals surface area contributed by atoms with Crippen LogP contribution in [0.25, 0.3) is 0 Å². The third-order valence-corrected chi connectivity index (χ3v) is 4.29. The molecular formula is C15H20N4O2. The predicted molar refractivity (Wildman–Crippen MR) is 82.2 cm³/mol. The van der Waals surface area contributed by atoms with Crippen LogP contribution in [0.2, 0.25) is 0 Å². The molecule has 6 heteroatoms. The lowest BCUT2D eigenvalue weighted by Gasteiger charge is -2.43.